The number of nitrogens with zero attached hydrogens (tertiary/aromatic N) is 1. The van der Waals surface area contributed by atoms with Gasteiger partial charge in [0.2, 0.25) is 5.91 Å². The van der Waals surface area contributed by atoms with Crippen molar-refractivity contribution in [2.24, 2.45) is 0 Å². The number of carbonyl (C=O) groups is 3. The monoisotopic (exact) mass is 497 g/mol. The van der Waals surface area contributed by atoms with Gasteiger partial charge in [0.05, 0.1) is 5.56 Å². The summed E-state index contributed by atoms with van der Waals surface area (Å²) in [6.45, 7) is 1.20. The topological polar surface area (TPSA) is 112 Å². The molecule has 4 N–H and O–H groups in total. The van der Waals surface area contributed by atoms with Crippen molar-refractivity contribution < 1.29 is 27.6 Å². The first-order valence-electron chi connectivity index (χ1n) is 10.5. The normalized spacial score (nSPS) is 15.3. The van der Waals surface area contributed by atoms with Gasteiger partial charge >= 0.3 is 6.18 Å². The molecule has 0 saturated carbocycles. The van der Waals surface area contributed by atoms with E-state index in [-0.39, 0.29) is 37.4 Å². The van der Waals surface area contributed by atoms with E-state index in [1.165, 1.54) is 0 Å². The molecule has 1 aliphatic rings. The van der Waals surface area contributed by atoms with Crippen molar-refractivity contribution in [1.29, 1.82) is 0 Å². The van der Waals surface area contributed by atoms with E-state index in [9.17, 15) is 27.6 Å². The first-order valence-corrected chi connectivity index (χ1v) is 10.9. The Morgan fingerprint density at radius 1 is 0.941 bits per heavy atom. The Morgan fingerprint density at radius 2 is 1.56 bits per heavy atom. The average molecular weight is 498 g/mol. The summed E-state index contributed by atoms with van der Waals surface area (Å²) in [5.74, 6) is -1.47. The lowest BCUT2D eigenvalue weighted by atomic mass is 9.86. The van der Waals surface area contributed by atoms with Crippen LogP contribution in [0.3, 0.4) is 0 Å². The van der Waals surface area contributed by atoms with Gasteiger partial charge in [0.1, 0.15) is 11.2 Å². The minimum absolute atomic E-state index is 0.0889. The Morgan fingerprint density at radius 3 is 2.15 bits per heavy atom. The summed E-state index contributed by atoms with van der Waals surface area (Å²) in [7, 11) is 0. The fraction of sp³-hybridized carbons (Fsp3) is 0.364. The van der Waals surface area contributed by atoms with E-state index >= 15 is 0 Å². The zero-order valence-electron chi connectivity index (χ0n) is 18.0. The molecule has 0 bridgehead atoms. The third kappa shape index (κ3) is 6.45. The number of nitrogens with one attached hydrogen (secondary N) is 4. The van der Waals surface area contributed by atoms with Crippen LogP contribution in [0.4, 0.5) is 13.2 Å². The molecule has 3 rings (SSSR count). The van der Waals surface area contributed by atoms with Crippen LogP contribution in [0.1, 0.15) is 39.3 Å². The van der Waals surface area contributed by atoms with Gasteiger partial charge in [0.15, 0.2) is 0 Å². The van der Waals surface area contributed by atoms with Crippen molar-refractivity contribution in [2.45, 2.75) is 24.6 Å². The number of piperidine rings is 1. The molecule has 0 atom stereocenters. The Hall–Kier alpha value is -3.18. The maximum absolute atomic E-state index is 13.0. The average Bonchev–Trinajstić information content (AvgIpc) is 2.82. The maximum atomic E-state index is 13.0. The summed E-state index contributed by atoms with van der Waals surface area (Å²) in [6.07, 6.45) is -3.21. The molecule has 1 saturated heterocycles. The fourth-order valence-electron chi connectivity index (χ4n) is 3.47. The van der Waals surface area contributed by atoms with E-state index in [1.807, 2.05) is 0 Å². The number of alkyl halides is 3. The van der Waals surface area contributed by atoms with E-state index in [1.54, 1.807) is 24.3 Å². The molecule has 1 fully saturated rings. The van der Waals surface area contributed by atoms with Crippen LogP contribution < -0.4 is 21.3 Å². The smallest absolute Gasteiger partial charge is 0.352 e. The molecule has 12 heteroatoms. The van der Waals surface area contributed by atoms with E-state index < -0.39 is 29.2 Å². The first kappa shape index (κ1) is 25.4. The third-order valence-corrected chi connectivity index (χ3v) is 5.62. The van der Waals surface area contributed by atoms with E-state index in [2.05, 4.69) is 26.3 Å². The van der Waals surface area contributed by atoms with Gasteiger partial charge in [-0.05, 0) is 62.3 Å². The molecule has 2 aromatic rings. The predicted octanol–water partition coefficient (Wildman–Crippen LogP) is 2.15. The van der Waals surface area contributed by atoms with Crippen LogP contribution in [0.5, 0.6) is 0 Å². The minimum atomic E-state index is -4.62. The lowest BCUT2D eigenvalue weighted by Gasteiger charge is -2.37. The van der Waals surface area contributed by atoms with Gasteiger partial charge < -0.3 is 21.3 Å². The van der Waals surface area contributed by atoms with Crippen LogP contribution in [-0.4, -0.2) is 54.4 Å². The minimum Gasteiger partial charge on any atom is -0.352 e. The van der Waals surface area contributed by atoms with Gasteiger partial charge in [-0.15, -0.1) is 0 Å². The molecule has 0 radical (unpaired) electrons. The highest BCUT2D eigenvalue weighted by Gasteiger charge is 2.41. The number of carbonyl (C=O) groups excluding carboxylic acids is 3. The predicted molar refractivity (Wildman–Crippen MR) is 118 cm³/mol. The van der Waals surface area contributed by atoms with Crippen molar-refractivity contribution in [3.63, 3.8) is 0 Å². The number of benzene rings is 1. The second-order valence-corrected chi connectivity index (χ2v) is 8.17. The Balaban J connectivity index is 1.58. The summed E-state index contributed by atoms with van der Waals surface area (Å²) in [5.41, 5.74) is -2.03. The van der Waals surface area contributed by atoms with Gasteiger partial charge in [-0.2, -0.15) is 13.2 Å². The molecule has 0 aliphatic carbocycles. The van der Waals surface area contributed by atoms with Crippen molar-refractivity contribution in [3.05, 3.63) is 64.4 Å². The van der Waals surface area contributed by atoms with Crippen LogP contribution in [0.15, 0.2) is 42.6 Å². The van der Waals surface area contributed by atoms with Crippen molar-refractivity contribution in [1.82, 2.24) is 26.3 Å². The maximum Gasteiger partial charge on any atom is 0.433 e. The van der Waals surface area contributed by atoms with Crippen LogP contribution in [-0.2, 0) is 11.0 Å². The van der Waals surface area contributed by atoms with Gasteiger partial charge in [0, 0.05) is 29.9 Å². The zero-order valence-corrected chi connectivity index (χ0v) is 18.7. The van der Waals surface area contributed by atoms with Crippen molar-refractivity contribution >= 4 is 29.3 Å². The molecule has 34 heavy (non-hydrogen) atoms. The molecular weight excluding hydrogens is 475 g/mol. The van der Waals surface area contributed by atoms with Gasteiger partial charge in [0.25, 0.3) is 11.8 Å². The number of hydrogen-bond acceptors (Lipinski definition) is 5. The molecule has 8 nitrogen and oxygen atoms in total. The number of halogens is 4. The molecule has 1 aromatic heterocycles. The Kier molecular flexibility index (Phi) is 8.11. The first-order chi connectivity index (χ1) is 16.1. The summed E-state index contributed by atoms with van der Waals surface area (Å²) < 4.78 is 38.1. The van der Waals surface area contributed by atoms with Crippen LogP contribution in [0, 0.1) is 0 Å². The summed E-state index contributed by atoms with van der Waals surface area (Å²) >= 11 is 5.80. The SMILES string of the molecule is O=C(NCCNC(=O)C1(NC(=O)c2ccc(C(F)(F)F)nc2)CCNCC1)c1ccc(Cl)cc1. The molecular formula is C22H23ClF3N5O3. The van der Waals surface area contributed by atoms with Crippen molar-refractivity contribution in [2.75, 3.05) is 26.2 Å². The largest absolute Gasteiger partial charge is 0.433 e. The van der Waals surface area contributed by atoms with Crippen LogP contribution >= 0.6 is 11.6 Å². The third-order valence-electron chi connectivity index (χ3n) is 5.36. The molecule has 0 spiro atoms. The van der Waals surface area contributed by atoms with Gasteiger partial charge in [-0.3, -0.25) is 19.4 Å². The molecule has 1 aliphatic heterocycles. The Bertz CT molecular complexity index is 1020. The second-order valence-electron chi connectivity index (χ2n) is 7.73. The van der Waals surface area contributed by atoms with Crippen LogP contribution in [0.2, 0.25) is 5.02 Å². The number of rotatable bonds is 7. The zero-order chi connectivity index (χ0) is 24.8. The molecule has 3 amide bonds. The van der Waals surface area contributed by atoms with E-state index in [4.69, 9.17) is 11.6 Å². The molecule has 2 heterocycles. The fourth-order valence-corrected chi connectivity index (χ4v) is 3.60. The van der Waals surface area contributed by atoms with Gasteiger partial charge in [-0.1, -0.05) is 11.6 Å². The van der Waals surface area contributed by atoms with E-state index in [0.717, 1.165) is 12.3 Å². The molecule has 1 aromatic carbocycles. The highest BCUT2D eigenvalue weighted by molar-refractivity contribution is 6.30. The number of pyridine rings is 1. The lowest BCUT2D eigenvalue weighted by molar-refractivity contribution is -0.141. The van der Waals surface area contributed by atoms with Crippen LogP contribution in [0.25, 0.3) is 0 Å². The molecule has 0 unspecified atom stereocenters. The second kappa shape index (κ2) is 10.8. The number of aromatic nitrogens is 1. The quantitative estimate of drug-likeness (QED) is 0.438. The molecule has 182 valence electrons. The summed E-state index contributed by atoms with van der Waals surface area (Å²) in [6, 6.07) is 8.07. The van der Waals surface area contributed by atoms with Crippen molar-refractivity contribution in [3.8, 4) is 0 Å². The highest BCUT2D eigenvalue weighted by atomic mass is 35.5. The highest BCUT2D eigenvalue weighted by Crippen LogP contribution is 2.27. The Labute approximate surface area is 198 Å². The number of amides is 3. The van der Waals surface area contributed by atoms with E-state index in [0.29, 0.717) is 29.7 Å². The summed E-state index contributed by atoms with van der Waals surface area (Å²) in [4.78, 5) is 41.1. The summed E-state index contributed by atoms with van der Waals surface area (Å²) in [5, 5.41) is 11.7. The standard InChI is InChI=1S/C22H23ClF3N5O3/c23-16-4-1-14(2-5-16)18(32)28-11-12-29-20(34)21(7-9-27-10-8-21)31-19(33)15-3-6-17(30-13-15)22(24,25)26/h1-6,13,27H,7-12H2,(H,28,32)(H,29,34)(H,31,33). The van der Waals surface area contributed by atoms with Gasteiger partial charge in [-0.25, -0.2) is 0 Å². The lowest BCUT2D eigenvalue weighted by Crippen LogP contribution is -2.63. The number of hydrogen-bond donors (Lipinski definition) is 4.